The molecule has 1 aromatic carbocycles. The molecule has 3 aromatic rings. The van der Waals surface area contributed by atoms with Crippen LogP contribution in [0.3, 0.4) is 0 Å². The van der Waals surface area contributed by atoms with E-state index in [9.17, 15) is 14.0 Å². The van der Waals surface area contributed by atoms with Crippen molar-refractivity contribution in [1.29, 1.82) is 0 Å². The molecule has 0 radical (unpaired) electrons. The smallest absolute Gasteiger partial charge is 0.271 e. The highest BCUT2D eigenvalue weighted by Crippen LogP contribution is 2.34. The van der Waals surface area contributed by atoms with Crippen LogP contribution in [-0.2, 0) is 17.9 Å². The molecule has 1 N–H and O–H groups in total. The lowest BCUT2D eigenvalue weighted by molar-refractivity contribution is -0.134. The summed E-state index contributed by atoms with van der Waals surface area (Å²) in [5.41, 5.74) is 0.742. The van der Waals surface area contributed by atoms with Gasteiger partial charge in [0.05, 0.1) is 18.5 Å². The molecule has 1 aliphatic carbocycles. The Labute approximate surface area is 192 Å². The van der Waals surface area contributed by atoms with Gasteiger partial charge in [-0.1, -0.05) is 31.4 Å². The number of carbonyl (C=O) groups excluding carboxylic acids is 2. The first kappa shape index (κ1) is 21.5. The number of amides is 2. The minimum atomic E-state index is -1.14. The zero-order valence-corrected chi connectivity index (χ0v) is 18.7. The van der Waals surface area contributed by atoms with Crippen LogP contribution in [0.5, 0.6) is 0 Å². The van der Waals surface area contributed by atoms with E-state index in [0.717, 1.165) is 31.4 Å². The SMILES string of the molecule is CC1(C(=O)NC2CCCCC2)Cn2c(ccc2-c2ccco2)C(=O)N1Cc1cccc(F)c1. The Kier molecular flexibility index (Phi) is 5.56. The van der Waals surface area contributed by atoms with E-state index in [0.29, 0.717) is 17.0 Å². The quantitative estimate of drug-likeness (QED) is 0.611. The van der Waals surface area contributed by atoms with Crippen LogP contribution in [0.4, 0.5) is 4.39 Å². The lowest BCUT2D eigenvalue weighted by atomic mass is 9.91. The minimum absolute atomic E-state index is 0.116. The number of halogens is 1. The number of nitrogens with zero attached hydrogens (tertiary/aromatic N) is 2. The Balaban J connectivity index is 1.53. The molecule has 2 aliphatic rings. The summed E-state index contributed by atoms with van der Waals surface area (Å²) in [4.78, 5) is 29.0. The molecule has 1 saturated carbocycles. The Morgan fingerprint density at radius 3 is 2.64 bits per heavy atom. The molecule has 7 heteroatoms. The van der Waals surface area contributed by atoms with Gasteiger partial charge >= 0.3 is 0 Å². The first-order valence-electron chi connectivity index (χ1n) is 11.6. The van der Waals surface area contributed by atoms with E-state index in [2.05, 4.69) is 5.32 Å². The predicted molar refractivity (Wildman–Crippen MR) is 122 cm³/mol. The van der Waals surface area contributed by atoms with Gasteiger partial charge in [-0.05, 0) is 61.7 Å². The number of nitrogens with one attached hydrogen (secondary N) is 1. The lowest BCUT2D eigenvalue weighted by Gasteiger charge is -2.45. The van der Waals surface area contributed by atoms with Crippen LogP contribution in [0, 0.1) is 5.82 Å². The highest BCUT2D eigenvalue weighted by Gasteiger charge is 2.48. The van der Waals surface area contributed by atoms with Gasteiger partial charge in [-0.25, -0.2) is 4.39 Å². The van der Waals surface area contributed by atoms with Crippen LogP contribution in [0.25, 0.3) is 11.5 Å². The maximum Gasteiger partial charge on any atom is 0.271 e. The standard InChI is InChI=1S/C26H28FN3O3/c1-26(25(32)28-20-9-3-2-4-10-20)17-29-21(23-11-6-14-33-23)12-13-22(29)24(31)30(26)16-18-7-5-8-19(27)15-18/h5-8,11-15,20H,2-4,9-10,16-17H2,1H3,(H,28,32). The highest BCUT2D eigenvalue weighted by molar-refractivity contribution is 6.00. The van der Waals surface area contributed by atoms with Crippen LogP contribution in [-0.4, -0.2) is 32.9 Å². The molecule has 0 bridgehead atoms. The third kappa shape index (κ3) is 3.96. The molecule has 33 heavy (non-hydrogen) atoms. The Morgan fingerprint density at radius 2 is 1.91 bits per heavy atom. The second-order valence-corrected chi connectivity index (χ2v) is 9.27. The Bertz CT molecular complexity index is 1160. The number of furan rings is 1. The van der Waals surface area contributed by atoms with E-state index in [1.165, 1.54) is 18.6 Å². The Hall–Kier alpha value is -3.35. The summed E-state index contributed by atoms with van der Waals surface area (Å²) in [6.45, 7) is 2.23. The normalized spacial score (nSPS) is 21.2. The van der Waals surface area contributed by atoms with Crippen molar-refractivity contribution in [3.63, 3.8) is 0 Å². The number of hydrogen-bond acceptors (Lipinski definition) is 3. The van der Waals surface area contributed by atoms with Crippen molar-refractivity contribution in [2.24, 2.45) is 0 Å². The number of carbonyl (C=O) groups is 2. The largest absolute Gasteiger partial charge is 0.463 e. The number of fused-ring (bicyclic) bond motifs is 1. The van der Waals surface area contributed by atoms with Gasteiger partial charge in [-0.2, -0.15) is 0 Å². The minimum Gasteiger partial charge on any atom is -0.463 e. The molecular weight excluding hydrogens is 421 g/mol. The number of aromatic nitrogens is 1. The topological polar surface area (TPSA) is 67.5 Å². The predicted octanol–water partition coefficient (Wildman–Crippen LogP) is 4.75. The van der Waals surface area contributed by atoms with Crippen LogP contribution in [0.15, 0.2) is 59.2 Å². The van der Waals surface area contributed by atoms with Crippen molar-refractivity contribution < 1.29 is 18.4 Å². The first-order chi connectivity index (χ1) is 16.0. The van der Waals surface area contributed by atoms with E-state index in [1.54, 1.807) is 42.4 Å². The molecule has 172 valence electrons. The van der Waals surface area contributed by atoms with Crippen LogP contribution >= 0.6 is 0 Å². The molecule has 1 fully saturated rings. The molecule has 5 rings (SSSR count). The van der Waals surface area contributed by atoms with Gasteiger partial charge in [0, 0.05) is 12.6 Å². The molecular formula is C26H28FN3O3. The molecule has 0 spiro atoms. The highest BCUT2D eigenvalue weighted by atomic mass is 19.1. The van der Waals surface area contributed by atoms with Crippen LogP contribution < -0.4 is 5.32 Å². The monoisotopic (exact) mass is 449 g/mol. The van der Waals surface area contributed by atoms with E-state index < -0.39 is 5.54 Å². The van der Waals surface area contributed by atoms with Crippen LogP contribution in [0.2, 0.25) is 0 Å². The van der Waals surface area contributed by atoms with Crippen molar-refractivity contribution >= 4 is 11.8 Å². The molecule has 3 heterocycles. The van der Waals surface area contributed by atoms with E-state index in [4.69, 9.17) is 4.42 Å². The third-order valence-electron chi connectivity index (χ3n) is 6.94. The molecule has 2 amide bonds. The fourth-order valence-electron chi connectivity index (χ4n) is 5.07. The summed E-state index contributed by atoms with van der Waals surface area (Å²) in [6, 6.07) is 13.5. The summed E-state index contributed by atoms with van der Waals surface area (Å²) in [6.07, 6.45) is 6.87. The molecule has 1 unspecified atom stereocenters. The number of benzene rings is 1. The van der Waals surface area contributed by atoms with E-state index in [1.807, 2.05) is 16.7 Å². The van der Waals surface area contributed by atoms with Gasteiger partial charge < -0.3 is 19.2 Å². The summed E-state index contributed by atoms with van der Waals surface area (Å²) in [5, 5.41) is 3.21. The van der Waals surface area contributed by atoms with Crippen molar-refractivity contribution in [2.45, 2.75) is 63.7 Å². The molecule has 1 atom stereocenters. The Morgan fingerprint density at radius 1 is 1.12 bits per heavy atom. The number of hydrogen-bond donors (Lipinski definition) is 1. The summed E-state index contributed by atoms with van der Waals surface area (Å²) in [7, 11) is 0. The fraction of sp³-hybridized carbons (Fsp3) is 0.385. The van der Waals surface area contributed by atoms with Gasteiger partial charge in [0.25, 0.3) is 5.91 Å². The molecule has 0 saturated heterocycles. The molecule has 1 aliphatic heterocycles. The average Bonchev–Trinajstić information content (AvgIpc) is 3.47. The summed E-state index contributed by atoms with van der Waals surface area (Å²) < 4.78 is 21.3. The second kappa shape index (κ2) is 8.54. The van der Waals surface area contributed by atoms with E-state index in [-0.39, 0.29) is 36.8 Å². The maximum atomic E-state index is 13.9. The first-order valence-corrected chi connectivity index (χ1v) is 11.6. The average molecular weight is 450 g/mol. The van der Waals surface area contributed by atoms with Gasteiger partial charge in [0.1, 0.15) is 22.8 Å². The summed E-state index contributed by atoms with van der Waals surface area (Å²) in [5.74, 6) is -0.162. The number of rotatable bonds is 5. The van der Waals surface area contributed by atoms with Gasteiger partial charge in [-0.15, -0.1) is 0 Å². The van der Waals surface area contributed by atoms with Gasteiger partial charge in [-0.3, -0.25) is 9.59 Å². The maximum absolute atomic E-state index is 13.9. The zero-order valence-electron chi connectivity index (χ0n) is 18.7. The van der Waals surface area contributed by atoms with Crippen molar-refractivity contribution in [1.82, 2.24) is 14.8 Å². The van der Waals surface area contributed by atoms with Crippen molar-refractivity contribution in [2.75, 3.05) is 0 Å². The lowest BCUT2D eigenvalue weighted by Crippen LogP contribution is -2.64. The van der Waals surface area contributed by atoms with Gasteiger partial charge in [0.15, 0.2) is 0 Å². The van der Waals surface area contributed by atoms with E-state index >= 15 is 0 Å². The van der Waals surface area contributed by atoms with Crippen molar-refractivity contribution in [3.8, 4) is 11.5 Å². The van der Waals surface area contributed by atoms with Crippen molar-refractivity contribution in [3.05, 3.63) is 71.9 Å². The van der Waals surface area contributed by atoms with Gasteiger partial charge in [0.2, 0.25) is 5.91 Å². The second-order valence-electron chi connectivity index (χ2n) is 9.27. The third-order valence-corrected chi connectivity index (χ3v) is 6.94. The molecule has 2 aromatic heterocycles. The fourth-order valence-corrected chi connectivity index (χ4v) is 5.07. The zero-order chi connectivity index (χ0) is 23.0. The summed E-state index contributed by atoms with van der Waals surface area (Å²) >= 11 is 0. The van der Waals surface area contributed by atoms with Crippen LogP contribution in [0.1, 0.15) is 55.1 Å². The molecule has 6 nitrogen and oxygen atoms in total.